The average molecular weight is 291 g/mol. The lowest BCUT2D eigenvalue weighted by Gasteiger charge is -2.23. The summed E-state index contributed by atoms with van der Waals surface area (Å²) in [4.78, 5) is 6.50. The molecule has 1 atom stereocenters. The minimum absolute atomic E-state index is 0.144. The van der Waals surface area contributed by atoms with Crippen molar-refractivity contribution in [2.24, 2.45) is 5.92 Å². The highest BCUT2D eigenvalue weighted by molar-refractivity contribution is 5.19. The Labute approximate surface area is 125 Å². The Morgan fingerprint density at radius 3 is 2.48 bits per heavy atom. The van der Waals surface area contributed by atoms with Crippen molar-refractivity contribution >= 4 is 0 Å². The van der Waals surface area contributed by atoms with Crippen molar-refractivity contribution in [2.75, 3.05) is 7.05 Å². The Balaban J connectivity index is 1.98. The summed E-state index contributed by atoms with van der Waals surface area (Å²) >= 11 is 0. The fourth-order valence-corrected chi connectivity index (χ4v) is 2.15. The molecule has 0 aliphatic carbocycles. The highest BCUT2D eigenvalue weighted by Gasteiger charge is 2.16. The van der Waals surface area contributed by atoms with E-state index in [-0.39, 0.29) is 11.9 Å². The van der Waals surface area contributed by atoms with Crippen LogP contribution in [0.15, 0.2) is 28.8 Å². The molecule has 0 aliphatic rings. The van der Waals surface area contributed by atoms with Crippen LogP contribution in [0.4, 0.5) is 4.39 Å². The molecule has 0 bridgehead atoms. The third-order valence-corrected chi connectivity index (χ3v) is 3.50. The van der Waals surface area contributed by atoms with E-state index in [1.54, 1.807) is 12.1 Å². The summed E-state index contributed by atoms with van der Waals surface area (Å²) < 4.78 is 18.2. The molecule has 0 fully saturated rings. The van der Waals surface area contributed by atoms with Gasteiger partial charge in [0.25, 0.3) is 0 Å². The molecule has 21 heavy (non-hydrogen) atoms. The van der Waals surface area contributed by atoms with Gasteiger partial charge in [-0.1, -0.05) is 31.1 Å². The Bertz CT molecular complexity index is 565. The molecule has 1 heterocycles. The first kappa shape index (κ1) is 15.6. The molecular weight excluding hydrogens is 269 g/mol. The van der Waals surface area contributed by atoms with E-state index in [9.17, 15) is 4.39 Å². The van der Waals surface area contributed by atoms with Gasteiger partial charge in [-0.05, 0) is 37.6 Å². The van der Waals surface area contributed by atoms with E-state index >= 15 is 0 Å². The molecule has 1 aromatic carbocycles. The third-order valence-electron chi connectivity index (χ3n) is 3.50. The molecule has 0 aliphatic heterocycles. The SMILES string of the molecule is CC(C)Cc1noc(CN(C)C(C)c2ccc(F)cc2)n1. The van der Waals surface area contributed by atoms with Crippen molar-refractivity contribution < 1.29 is 8.91 Å². The zero-order valence-corrected chi connectivity index (χ0v) is 13.0. The van der Waals surface area contributed by atoms with Crippen LogP contribution in [-0.4, -0.2) is 22.1 Å². The number of hydrogen-bond donors (Lipinski definition) is 0. The fraction of sp³-hybridized carbons (Fsp3) is 0.500. The largest absolute Gasteiger partial charge is 0.338 e. The summed E-state index contributed by atoms with van der Waals surface area (Å²) in [5.74, 6) is 1.65. The topological polar surface area (TPSA) is 42.2 Å². The average Bonchev–Trinajstić information content (AvgIpc) is 2.85. The predicted molar refractivity (Wildman–Crippen MR) is 79.1 cm³/mol. The highest BCUT2D eigenvalue weighted by atomic mass is 19.1. The molecule has 4 nitrogen and oxygen atoms in total. The van der Waals surface area contributed by atoms with Gasteiger partial charge in [0, 0.05) is 12.5 Å². The molecule has 0 saturated heterocycles. The smallest absolute Gasteiger partial charge is 0.240 e. The van der Waals surface area contributed by atoms with Gasteiger partial charge in [0.05, 0.1) is 6.54 Å². The first-order chi connectivity index (χ1) is 9.95. The summed E-state index contributed by atoms with van der Waals surface area (Å²) in [7, 11) is 1.99. The first-order valence-corrected chi connectivity index (χ1v) is 7.23. The molecular formula is C16H22FN3O. The van der Waals surface area contributed by atoms with Crippen molar-refractivity contribution in [3.63, 3.8) is 0 Å². The van der Waals surface area contributed by atoms with Gasteiger partial charge in [0.2, 0.25) is 5.89 Å². The highest BCUT2D eigenvalue weighted by Crippen LogP contribution is 2.20. The minimum Gasteiger partial charge on any atom is -0.338 e. The van der Waals surface area contributed by atoms with Crippen LogP contribution in [0.3, 0.4) is 0 Å². The van der Waals surface area contributed by atoms with E-state index in [1.165, 1.54) is 12.1 Å². The van der Waals surface area contributed by atoms with E-state index in [0.29, 0.717) is 18.4 Å². The molecule has 2 rings (SSSR count). The van der Waals surface area contributed by atoms with Gasteiger partial charge in [-0.25, -0.2) is 4.39 Å². The Kier molecular flexibility index (Phi) is 5.07. The molecule has 0 saturated carbocycles. The van der Waals surface area contributed by atoms with Crippen LogP contribution in [0, 0.1) is 11.7 Å². The van der Waals surface area contributed by atoms with E-state index in [0.717, 1.165) is 17.8 Å². The molecule has 0 radical (unpaired) electrons. The molecule has 5 heteroatoms. The number of nitrogens with zero attached hydrogens (tertiary/aromatic N) is 3. The second kappa shape index (κ2) is 6.80. The molecule has 0 amide bonds. The van der Waals surface area contributed by atoms with Crippen LogP contribution in [0.1, 0.15) is 44.1 Å². The second-order valence-corrected chi connectivity index (χ2v) is 5.84. The first-order valence-electron chi connectivity index (χ1n) is 7.23. The molecule has 2 aromatic rings. The van der Waals surface area contributed by atoms with E-state index < -0.39 is 0 Å². The molecule has 114 valence electrons. The van der Waals surface area contributed by atoms with E-state index in [2.05, 4.69) is 35.8 Å². The molecule has 0 spiro atoms. The lowest BCUT2D eigenvalue weighted by Crippen LogP contribution is -2.22. The van der Waals surface area contributed by atoms with Gasteiger partial charge in [-0.15, -0.1) is 0 Å². The summed E-state index contributed by atoms with van der Waals surface area (Å²) in [6, 6.07) is 6.70. The zero-order chi connectivity index (χ0) is 15.4. The summed E-state index contributed by atoms with van der Waals surface area (Å²) in [5.41, 5.74) is 1.06. The van der Waals surface area contributed by atoms with Gasteiger partial charge in [-0.3, -0.25) is 4.90 Å². The fourth-order valence-electron chi connectivity index (χ4n) is 2.15. The third kappa shape index (κ3) is 4.36. The van der Waals surface area contributed by atoms with Crippen LogP contribution >= 0.6 is 0 Å². The van der Waals surface area contributed by atoms with E-state index in [4.69, 9.17) is 4.52 Å². The second-order valence-electron chi connectivity index (χ2n) is 5.84. The van der Waals surface area contributed by atoms with Crippen LogP contribution in [0.25, 0.3) is 0 Å². The predicted octanol–water partition coefficient (Wildman–Crippen LogP) is 3.60. The zero-order valence-electron chi connectivity index (χ0n) is 13.0. The maximum atomic E-state index is 13.0. The van der Waals surface area contributed by atoms with Crippen LogP contribution in [-0.2, 0) is 13.0 Å². The van der Waals surface area contributed by atoms with Crippen LogP contribution < -0.4 is 0 Å². The number of rotatable bonds is 6. The monoisotopic (exact) mass is 291 g/mol. The number of halogens is 1. The number of hydrogen-bond acceptors (Lipinski definition) is 4. The Morgan fingerprint density at radius 1 is 1.19 bits per heavy atom. The normalized spacial score (nSPS) is 13.1. The summed E-state index contributed by atoms with van der Waals surface area (Å²) in [6.45, 7) is 6.89. The molecule has 1 unspecified atom stereocenters. The van der Waals surface area contributed by atoms with Crippen molar-refractivity contribution in [1.29, 1.82) is 0 Å². The van der Waals surface area contributed by atoms with Gasteiger partial charge in [-0.2, -0.15) is 4.98 Å². The van der Waals surface area contributed by atoms with Crippen LogP contribution in [0.5, 0.6) is 0 Å². The van der Waals surface area contributed by atoms with E-state index in [1.807, 2.05) is 7.05 Å². The van der Waals surface area contributed by atoms with Gasteiger partial charge >= 0.3 is 0 Å². The van der Waals surface area contributed by atoms with Crippen molar-refractivity contribution in [1.82, 2.24) is 15.0 Å². The summed E-state index contributed by atoms with van der Waals surface area (Å²) in [5, 5.41) is 3.99. The quantitative estimate of drug-likeness (QED) is 0.815. The van der Waals surface area contributed by atoms with Crippen molar-refractivity contribution in [2.45, 2.75) is 39.8 Å². The van der Waals surface area contributed by atoms with Gasteiger partial charge < -0.3 is 4.52 Å². The lowest BCUT2D eigenvalue weighted by atomic mass is 10.1. The Morgan fingerprint density at radius 2 is 1.86 bits per heavy atom. The molecule has 1 aromatic heterocycles. The van der Waals surface area contributed by atoms with Crippen molar-refractivity contribution in [3.8, 4) is 0 Å². The lowest BCUT2D eigenvalue weighted by molar-refractivity contribution is 0.216. The van der Waals surface area contributed by atoms with Crippen molar-refractivity contribution in [3.05, 3.63) is 47.4 Å². The Hall–Kier alpha value is -1.75. The maximum absolute atomic E-state index is 13.0. The molecule has 0 N–H and O–H groups in total. The standard InChI is InChI=1S/C16H22FN3O/c1-11(2)9-15-18-16(21-19-15)10-20(4)12(3)13-5-7-14(17)8-6-13/h5-8,11-12H,9-10H2,1-4H3. The number of benzene rings is 1. The summed E-state index contributed by atoms with van der Waals surface area (Å²) in [6.07, 6.45) is 0.820. The maximum Gasteiger partial charge on any atom is 0.240 e. The van der Waals surface area contributed by atoms with Crippen LogP contribution in [0.2, 0.25) is 0 Å². The van der Waals surface area contributed by atoms with Gasteiger partial charge in [0.15, 0.2) is 5.82 Å². The number of aromatic nitrogens is 2. The van der Waals surface area contributed by atoms with Gasteiger partial charge in [0.1, 0.15) is 5.82 Å². The minimum atomic E-state index is -0.219.